The normalized spacial score (nSPS) is 13.6. The highest BCUT2D eigenvalue weighted by atomic mass is 16.6. The van der Waals surface area contributed by atoms with Crippen LogP contribution in [-0.2, 0) is 36.8 Å². The zero-order valence-electron chi connectivity index (χ0n) is 23.2. The van der Waals surface area contributed by atoms with Crippen LogP contribution in [0, 0.1) is 0 Å². The van der Waals surface area contributed by atoms with E-state index in [0.29, 0.717) is 25.9 Å². The second-order valence-corrected chi connectivity index (χ2v) is 11.4. The van der Waals surface area contributed by atoms with Gasteiger partial charge in [-0.25, -0.2) is 4.79 Å². The number of hydrogen-bond donors (Lipinski definition) is 2. The van der Waals surface area contributed by atoms with Crippen LogP contribution in [0.2, 0.25) is 0 Å². The van der Waals surface area contributed by atoms with E-state index in [4.69, 9.17) is 19.9 Å². The smallest absolute Gasteiger partial charge is 0.407 e. The van der Waals surface area contributed by atoms with Crippen LogP contribution in [0.15, 0.2) is 36.4 Å². The molecular weight excluding hydrogens is 472 g/mol. The van der Waals surface area contributed by atoms with Crippen LogP contribution in [0.1, 0.15) is 78.9 Å². The van der Waals surface area contributed by atoms with Gasteiger partial charge in [0.25, 0.3) is 0 Å². The first-order valence-corrected chi connectivity index (χ1v) is 12.7. The van der Waals surface area contributed by atoms with Gasteiger partial charge in [-0.1, -0.05) is 30.3 Å². The number of hydrogen-bond acceptors (Lipinski definition) is 6. The Morgan fingerprint density at radius 2 is 1.43 bits per heavy atom. The lowest BCUT2D eigenvalue weighted by atomic mass is 10.0. The molecule has 0 radical (unpaired) electrons. The maximum Gasteiger partial charge on any atom is 0.407 e. The highest BCUT2D eigenvalue weighted by Crippen LogP contribution is 2.21. The number of carbonyl (C=O) groups is 3. The van der Waals surface area contributed by atoms with Gasteiger partial charge in [-0.15, -0.1) is 0 Å². The maximum absolute atomic E-state index is 12.3. The number of rotatable bonds is 11. The van der Waals surface area contributed by atoms with Crippen molar-refractivity contribution in [2.45, 2.75) is 104 Å². The lowest BCUT2D eigenvalue weighted by Gasteiger charge is -2.27. The minimum Gasteiger partial charge on any atom is -0.460 e. The van der Waals surface area contributed by atoms with Crippen LogP contribution in [0.5, 0.6) is 0 Å². The average molecular weight is 515 g/mol. The summed E-state index contributed by atoms with van der Waals surface area (Å²) >= 11 is 0. The highest BCUT2D eigenvalue weighted by molar-refractivity contribution is 5.84. The number of alkyl carbamates (subject to hydrolysis) is 1. The van der Waals surface area contributed by atoms with Gasteiger partial charge < -0.3 is 25.3 Å². The molecule has 0 aliphatic rings. The second-order valence-electron chi connectivity index (χ2n) is 11.4. The summed E-state index contributed by atoms with van der Waals surface area (Å²) in [7, 11) is 0. The molecule has 0 heterocycles. The van der Waals surface area contributed by atoms with E-state index >= 15 is 0 Å². The summed E-state index contributed by atoms with van der Waals surface area (Å²) in [4.78, 5) is 35.6. The third kappa shape index (κ3) is 11.6. The Labute approximate surface area is 220 Å². The number of carbonyl (C=O) groups excluding carboxylic acids is 3. The predicted octanol–water partition coefficient (Wildman–Crippen LogP) is 5.18. The zero-order valence-corrected chi connectivity index (χ0v) is 23.2. The minimum absolute atomic E-state index is 0.125. The predicted molar refractivity (Wildman–Crippen MR) is 144 cm³/mol. The molecule has 8 nitrogen and oxygen atoms in total. The number of nitrogens with one attached hydrogen (secondary N) is 1. The number of primary amides is 1. The van der Waals surface area contributed by atoms with Gasteiger partial charge >= 0.3 is 12.1 Å². The van der Waals surface area contributed by atoms with Crippen molar-refractivity contribution in [3.8, 4) is 0 Å². The molecule has 2 rings (SSSR count). The van der Waals surface area contributed by atoms with Crippen LogP contribution < -0.4 is 11.1 Å². The lowest BCUT2D eigenvalue weighted by molar-refractivity contribution is -0.154. The Morgan fingerprint density at radius 3 is 2.00 bits per heavy atom. The Kier molecular flexibility index (Phi) is 10.5. The fraction of sp³-hybridized carbons (Fsp3) is 0.552. The molecule has 0 aromatic heterocycles. The van der Waals surface area contributed by atoms with Crippen LogP contribution in [-0.4, -0.2) is 41.3 Å². The van der Waals surface area contributed by atoms with Crippen molar-refractivity contribution in [2.75, 3.05) is 0 Å². The molecule has 0 saturated carbocycles. The first kappa shape index (κ1) is 30.1. The zero-order chi connectivity index (χ0) is 27.8. The van der Waals surface area contributed by atoms with E-state index in [1.165, 1.54) is 0 Å². The maximum atomic E-state index is 12.3. The molecule has 0 saturated heterocycles. The van der Waals surface area contributed by atoms with Crippen LogP contribution in [0.3, 0.4) is 0 Å². The topological polar surface area (TPSA) is 117 Å². The second kappa shape index (κ2) is 12.9. The molecule has 8 heteroatoms. The van der Waals surface area contributed by atoms with Crippen molar-refractivity contribution in [1.82, 2.24) is 5.32 Å². The van der Waals surface area contributed by atoms with Gasteiger partial charge in [-0.05, 0) is 89.3 Å². The van der Waals surface area contributed by atoms with Crippen molar-refractivity contribution < 1.29 is 28.6 Å². The molecule has 37 heavy (non-hydrogen) atoms. The quantitative estimate of drug-likeness (QED) is 0.399. The number of nitrogens with two attached hydrogens (primary N) is 1. The number of ether oxygens (including phenoxy) is 3. The molecule has 2 aromatic rings. The van der Waals surface area contributed by atoms with E-state index in [1.54, 1.807) is 20.8 Å². The summed E-state index contributed by atoms with van der Waals surface area (Å²) in [6.45, 7) is 13.1. The van der Waals surface area contributed by atoms with Crippen molar-refractivity contribution in [1.29, 1.82) is 0 Å². The number of aryl methyl sites for hydroxylation is 1. The molecule has 2 aromatic carbocycles. The van der Waals surface area contributed by atoms with Crippen molar-refractivity contribution in [3.05, 3.63) is 47.5 Å². The van der Waals surface area contributed by atoms with Gasteiger partial charge in [-0.2, -0.15) is 0 Å². The third-order valence-electron chi connectivity index (χ3n) is 5.49. The average Bonchev–Trinajstić information content (AvgIpc) is 2.76. The fourth-order valence-corrected chi connectivity index (χ4v) is 3.75. The monoisotopic (exact) mass is 514 g/mol. The molecular formula is C29H42N2O6. The SMILES string of the molecule is C[C@@H](OCc1ccc2cc(CCC(=O)OC(C)(C)C)ccc2c1)[C@H](CCC(N)=O)NC(=O)OC(C)(C)C. The summed E-state index contributed by atoms with van der Waals surface area (Å²) in [6, 6.07) is 11.8. The van der Waals surface area contributed by atoms with E-state index in [-0.39, 0.29) is 18.5 Å². The van der Waals surface area contributed by atoms with Gasteiger partial charge in [-0.3, -0.25) is 9.59 Å². The molecule has 0 unspecified atom stereocenters. The molecule has 0 fully saturated rings. The molecule has 3 N–H and O–H groups in total. The first-order chi connectivity index (χ1) is 17.1. The van der Waals surface area contributed by atoms with Crippen molar-refractivity contribution in [2.24, 2.45) is 5.73 Å². The summed E-state index contributed by atoms with van der Waals surface area (Å²) in [5.74, 6) is -0.646. The minimum atomic E-state index is -0.636. The highest BCUT2D eigenvalue weighted by Gasteiger charge is 2.24. The van der Waals surface area contributed by atoms with E-state index in [0.717, 1.165) is 21.9 Å². The number of fused-ring (bicyclic) bond motifs is 1. The summed E-state index contributed by atoms with van der Waals surface area (Å²) in [6.07, 6.45) is 0.481. The Balaban J connectivity index is 1.99. The van der Waals surface area contributed by atoms with Crippen LogP contribution in [0.4, 0.5) is 4.79 Å². The van der Waals surface area contributed by atoms with Gasteiger partial charge in [0.2, 0.25) is 5.91 Å². The van der Waals surface area contributed by atoms with E-state index in [2.05, 4.69) is 17.4 Å². The van der Waals surface area contributed by atoms with Gasteiger partial charge in [0, 0.05) is 12.8 Å². The van der Waals surface area contributed by atoms with Gasteiger partial charge in [0.1, 0.15) is 11.2 Å². The molecule has 204 valence electrons. The van der Waals surface area contributed by atoms with Crippen molar-refractivity contribution in [3.63, 3.8) is 0 Å². The van der Waals surface area contributed by atoms with Gasteiger partial charge in [0.05, 0.1) is 18.8 Å². The molecule has 0 aliphatic heterocycles. The van der Waals surface area contributed by atoms with E-state index < -0.39 is 29.2 Å². The van der Waals surface area contributed by atoms with Crippen LogP contribution >= 0.6 is 0 Å². The Bertz CT molecular complexity index is 1080. The van der Waals surface area contributed by atoms with Gasteiger partial charge in [0.15, 0.2) is 0 Å². The first-order valence-electron chi connectivity index (χ1n) is 12.7. The fourth-order valence-electron chi connectivity index (χ4n) is 3.75. The number of amides is 2. The molecule has 2 amide bonds. The van der Waals surface area contributed by atoms with E-state index in [9.17, 15) is 14.4 Å². The Morgan fingerprint density at radius 1 is 0.865 bits per heavy atom. The Hall–Kier alpha value is -3.13. The molecule has 0 bridgehead atoms. The lowest BCUT2D eigenvalue weighted by Crippen LogP contribution is -2.45. The molecule has 0 spiro atoms. The molecule has 0 aliphatic carbocycles. The largest absolute Gasteiger partial charge is 0.460 e. The molecule has 2 atom stereocenters. The summed E-state index contributed by atoms with van der Waals surface area (Å²) < 4.78 is 16.8. The summed E-state index contributed by atoms with van der Waals surface area (Å²) in [5, 5.41) is 4.94. The van der Waals surface area contributed by atoms with Crippen molar-refractivity contribution >= 4 is 28.7 Å². The van der Waals surface area contributed by atoms with Crippen LogP contribution in [0.25, 0.3) is 10.8 Å². The summed E-state index contributed by atoms with van der Waals surface area (Å²) in [5.41, 5.74) is 6.24. The number of esters is 1. The van der Waals surface area contributed by atoms with E-state index in [1.807, 2.05) is 52.0 Å². The number of benzene rings is 2. The standard InChI is InChI=1S/C29H42N2O6/c1-19(24(13-14-25(30)32)31-27(34)37-29(5,6)7)35-18-21-9-12-22-16-20(8-11-23(22)17-21)10-15-26(33)36-28(2,3)4/h8-9,11-12,16-17,19,24H,10,13-15,18H2,1-7H3,(H2,30,32)(H,31,34)/t19-,24+/m1/s1. The third-order valence-corrected chi connectivity index (χ3v) is 5.49.